The second kappa shape index (κ2) is 14.4. The molecule has 0 bridgehead atoms. The van der Waals surface area contributed by atoms with Crippen molar-refractivity contribution in [2.75, 3.05) is 12.3 Å². The van der Waals surface area contributed by atoms with Crippen LogP contribution < -0.4 is 17.0 Å². The summed E-state index contributed by atoms with van der Waals surface area (Å²) in [6.07, 6.45) is 3.70. The highest BCUT2D eigenvalue weighted by Gasteiger charge is 2.39. The van der Waals surface area contributed by atoms with Gasteiger partial charge in [-0.25, -0.2) is 14.2 Å². The van der Waals surface area contributed by atoms with Gasteiger partial charge in [0.25, 0.3) is 5.56 Å². The molecule has 3 rings (SSSR count). The Labute approximate surface area is 227 Å². The number of nitrogens with one attached hydrogen (secondary N) is 1. The number of H-pyrrole nitrogens is 1. The molecular formula is C26H41FN6O6. The third kappa shape index (κ3) is 7.98. The maximum absolute atomic E-state index is 14.9. The molecule has 0 aliphatic carbocycles. The van der Waals surface area contributed by atoms with Crippen molar-refractivity contribution < 1.29 is 28.2 Å². The number of imidazole rings is 1. The molecule has 0 saturated carbocycles. The highest BCUT2D eigenvalue weighted by Crippen LogP contribution is 2.32. The number of halogens is 1. The van der Waals surface area contributed by atoms with Crippen molar-refractivity contribution in [3.05, 3.63) is 16.7 Å². The van der Waals surface area contributed by atoms with Gasteiger partial charge in [0.1, 0.15) is 31.2 Å². The van der Waals surface area contributed by atoms with Gasteiger partial charge in [0.05, 0.1) is 6.33 Å². The first-order chi connectivity index (χ1) is 18.7. The molecule has 2 aromatic heterocycles. The summed E-state index contributed by atoms with van der Waals surface area (Å²) in [6, 6.07) is -0.858. The predicted octanol–water partition coefficient (Wildman–Crippen LogP) is 2.91. The molecule has 0 spiro atoms. The Morgan fingerprint density at radius 2 is 1.95 bits per heavy atom. The molecule has 218 valence electrons. The number of aromatic nitrogens is 4. The molecule has 0 amide bonds. The lowest BCUT2D eigenvalue weighted by Gasteiger charge is -2.22. The maximum atomic E-state index is 14.9. The molecule has 6 atom stereocenters. The van der Waals surface area contributed by atoms with Crippen LogP contribution in [0.1, 0.15) is 84.8 Å². The predicted molar refractivity (Wildman–Crippen MR) is 142 cm³/mol. The summed E-state index contributed by atoms with van der Waals surface area (Å²) >= 11 is 0. The Balaban J connectivity index is 1.60. The van der Waals surface area contributed by atoms with Crippen LogP contribution in [0.5, 0.6) is 0 Å². The Morgan fingerprint density at radius 1 is 1.23 bits per heavy atom. The van der Waals surface area contributed by atoms with E-state index in [1.54, 1.807) is 0 Å². The number of unbranched alkanes of at least 4 members (excludes halogenated alkanes) is 5. The molecular weight excluding hydrogens is 511 g/mol. The highest BCUT2D eigenvalue weighted by molar-refractivity contribution is 5.82. The third-order valence-corrected chi connectivity index (χ3v) is 7.18. The van der Waals surface area contributed by atoms with E-state index in [4.69, 9.17) is 25.7 Å². The number of nitrogen functional groups attached to an aromatic ring is 1. The van der Waals surface area contributed by atoms with Crippen LogP contribution in [-0.2, 0) is 23.8 Å². The first kappa shape index (κ1) is 30.5. The minimum absolute atomic E-state index is 0.0491. The van der Waals surface area contributed by atoms with Crippen LogP contribution in [0, 0.1) is 5.92 Å². The number of anilines is 1. The molecule has 1 saturated heterocycles. The lowest BCUT2D eigenvalue weighted by molar-refractivity contribution is -0.173. The molecule has 1 aliphatic heterocycles. The lowest BCUT2D eigenvalue weighted by atomic mass is 10.0. The fourth-order valence-electron chi connectivity index (χ4n) is 4.46. The number of carbonyl (C=O) groups excluding carboxylic acids is 2. The van der Waals surface area contributed by atoms with Gasteiger partial charge in [0.15, 0.2) is 17.3 Å². The highest BCUT2D eigenvalue weighted by atomic mass is 19.1. The Kier molecular flexibility index (Phi) is 11.2. The zero-order valence-electron chi connectivity index (χ0n) is 22.9. The van der Waals surface area contributed by atoms with Gasteiger partial charge in [-0.3, -0.25) is 19.1 Å². The van der Waals surface area contributed by atoms with E-state index in [0.29, 0.717) is 19.3 Å². The van der Waals surface area contributed by atoms with Gasteiger partial charge in [-0.2, -0.15) is 4.98 Å². The number of carbonyl (C=O) groups is 2. The molecule has 12 nitrogen and oxygen atoms in total. The minimum Gasteiger partial charge on any atom is -0.460 e. The molecule has 1 unspecified atom stereocenters. The summed E-state index contributed by atoms with van der Waals surface area (Å²) in [7, 11) is 0. The Bertz CT molecular complexity index is 1160. The first-order valence-corrected chi connectivity index (χ1v) is 13.8. The van der Waals surface area contributed by atoms with E-state index in [2.05, 4.69) is 21.9 Å². The molecule has 1 fully saturated rings. The van der Waals surface area contributed by atoms with Gasteiger partial charge < -0.3 is 25.7 Å². The molecule has 1 aliphatic rings. The number of hydrogen-bond acceptors (Lipinski definition) is 10. The number of rotatable bonds is 15. The summed E-state index contributed by atoms with van der Waals surface area (Å²) < 4.78 is 32.9. The van der Waals surface area contributed by atoms with Crippen LogP contribution in [0.4, 0.5) is 10.3 Å². The fourth-order valence-corrected chi connectivity index (χ4v) is 4.46. The topological polar surface area (TPSA) is 177 Å². The maximum Gasteiger partial charge on any atom is 0.347 e. The summed E-state index contributed by atoms with van der Waals surface area (Å²) in [6.45, 7) is 5.51. The average molecular weight is 553 g/mol. The Morgan fingerprint density at radius 3 is 2.67 bits per heavy atom. The van der Waals surface area contributed by atoms with Gasteiger partial charge in [-0.1, -0.05) is 59.3 Å². The number of fused-ring (bicyclic) bond motifs is 1. The quantitative estimate of drug-likeness (QED) is 0.220. The molecule has 5 N–H and O–H groups in total. The van der Waals surface area contributed by atoms with Crippen molar-refractivity contribution >= 4 is 29.1 Å². The van der Waals surface area contributed by atoms with Gasteiger partial charge in [0.2, 0.25) is 5.95 Å². The van der Waals surface area contributed by atoms with Gasteiger partial charge in [-0.05, 0) is 18.8 Å². The smallest absolute Gasteiger partial charge is 0.347 e. The number of nitrogens with two attached hydrogens (primary N) is 2. The fraction of sp³-hybridized carbons (Fsp3) is 0.731. The molecule has 0 radical (unpaired) electrons. The lowest BCUT2D eigenvalue weighted by Crippen LogP contribution is -2.42. The molecule has 13 heteroatoms. The van der Waals surface area contributed by atoms with Crippen molar-refractivity contribution in [3.63, 3.8) is 0 Å². The zero-order chi connectivity index (χ0) is 28.5. The molecule has 0 aromatic carbocycles. The number of aromatic amines is 1. The second-order valence-corrected chi connectivity index (χ2v) is 10.2. The van der Waals surface area contributed by atoms with Crippen LogP contribution >= 0.6 is 0 Å². The number of ether oxygens (including phenoxy) is 3. The summed E-state index contributed by atoms with van der Waals surface area (Å²) in [4.78, 5) is 48.0. The second-order valence-electron chi connectivity index (χ2n) is 10.2. The first-order valence-electron chi connectivity index (χ1n) is 13.8. The summed E-state index contributed by atoms with van der Waals surface area (Å²) in [5, 5.41) is 0. The van der Waals surface area contributed by atoms with E-state index in [0.717, 1.165) is 32.1 Å². The van der Waals surface area contributed by atoms with E-state index >= 15 is 0 Å². The number of hydrogen-bond donors (Lipinski definition) is 3. The normalized spacial score (nSPS) is 21.5. The van der Waals surface area contributed by atoms with Crippen LogP contribution in [0.15, 0.2) is 11.1 Å². The van der Waals surface area contributed by atoms with Crippen molar-refractivity contribution in [1.29, 1.82) is 0 Å². The number of alkyl halides is 1. The van der Waals surface area contributed by atoms with Crippen LogP contribution in [0.25, 0.3) is 11.2 Å². The van der Waals surface area contributed by atoms with Crippen LogP contribution in [0.2, 0.25) is 0 Å². The van der Waals surface area contributed by atoms with E-state index < -0.39 is 48.1 Å². The zero-order valence-corrected chi connectivity index (χ0v) is 22.9. The SMILES string of the molecule is CCCCCCCCC(OC(=O)[C@@H](N)[C@@H](C)CC)C(=O)OC[C@H]1O[C@@H](n2cnc3c(=O)[nH]c(N)nc32)C[C@@H]1F. The van der Waals surface area contributed by atoms with Crippen LogP contribution in [-0.4, -0.2) is 62.5 Å². The molecule has 39 heavy (non-hydrogen) atoms. The Hall–Kier alpha value is -3.06. The van der Waals surface area contributed by atoms with Gasteiger partial charge in [-0.15, -0.1) is 0 Å². The summed E-state index contributed by atoms with van der Waals surface area (Å²) in [5.74, 6) is -1.64. The minimum atomic E-state index is -1.46. The van der Waals surface area contributed by atoms with Crippen molar-refractivity contribution in [3.8, 4) is 0 Å². The monoisotopic (exact) mass is 552 g/mol. The summed E-state index contributed by atoms with van der Waals surface area (Å²) in [5.41, 5.74) is 11.3. The van der Waals surface area contributed by atoms with Crippen LogP contribution in [0.3, 0.4) is 0 Å². The van der Waals surface area contributed by atoms with Gasteiger partial charge in [0, 0.05) is 6.42 Å². The number of esters is 2. The third-order valence-electron chi connectivity index (χ3n) is 7.18. The number of nitrogens with zero attached hydrogens (tertiary/aromatic N) is 3. The van der Waals surface area contributed by atoms with Crippen molar-refractivity contribution in [2.24, 2.45) is 11.7 Å². The van der Waals surface area contributed by atoms with E-state index in [9.17, 15) is 18.8 Å². The standard InChI is InChI=1S/C26H41FN6O6/c1-4-6-7-8-9-10-11-17(39-25(36)20(28)15(3)5-2)24(35)37-13-18-16(27)12-19(38-18)33-14-30-21-22(33)31-26(29)32-23(21)34/h14-20H,4-13,28H2,1-3H3,(H3,29,31,32,34)/t15-,16-,17?,18+,19+,20-/m0/s1. The van der Waals surface area contributed by atoms with E-state index in [1.165, 1.54) is 10.9 Å². The van der Waals surface area contributed by atoms with E-state index in [1.807, 2.05) is 13.8 Å². The van der Waals surface area contributed by atoms with Gasteiger partial charge >= 0.3 is 11.9 Å². The van der Waals surface area contributed by atoms with Crippen molar-refractivity contribution in [1.82, 2.24) is 19.5 Å². The van der Waals surface area contributed by atoms with E-state index in [-0.39, 0.29) is 36.1 Å². The average Bonchev–Trinajstić information content (AvgIpc) is 3.50. The molecule has 3 heterocycles. The largest absolute Gasteiger partial charge is 0.460 e. The van der Waals surface area contributed by atoms with Crippen molar-refractivity contribution in [2.45, 2.75) is 109 Å². The molecule has 2 aromatic rings.